The number of rotatable bonds is 2. The molecule has 1 unspecified atom stereocenters. The fourth-order valence-electron chi connectivity index (χ4n) is 1.59. The normalized spacial score (nSPS) is 19.1. The highest BCUT2D eigenvalue weighted by Crippen LogP contribution is 2.31. The topological polar surface area (TPSA) is 33.3 Å². The van der Waals surface area contributed by atoms with E-state index in [2.05, 4.69) is 36.6 Å². The van der Waals surface area contributed by atoms with Crippen LogP contribution in [0.4, 0.5) is 11.4 Å². The number of anilines is 2. The fourth-order valence-corrected chi connectivity index (χ4v) is 1.59. The van der Waals surface area contributed by atoms with E-state index in [0.717, 1.165) is 30.2 Å². The highest BCUT2D eigenvalue weighted by Gasteiger charge is 2.14. The Morgan fingerprint density at radius 3 is 3.21 bits per heavy atom. The first-order valence-electron chi connectivity index (χ1n) is 5.08. The fraction of sp³-hybridized carbons (Fsp3) is 0.455. The highest BCUT2D eigenvalue weighted by molar-refractivity contribution is 5.64. The van der Waals surface area contributed by atoms with E-state index in [9.17, 15) is 0 Å². The van der Waals surface area contributed by atoms with Gasteiger partial charge in [0.05, 0.1) is 12.2 Å². The van der Waals surface area contributed by atoms with E-state index in [1.54, 1.807) is 0 Å². The Bertz CT molecular complexity index is 325. The summed E-state index contributed by atoms with van der Waals surface area (Å²) in [6.07, 6.45) is 0.249. The molecule has 0 aliphatic carbocycles. The lowest BCUT2D eigenvalue weighted by Gasteiger charge is -2.25. The van der Waals surface area contributed by atoms with Crippen molar-refractivity contribution in [1.29, 1.82) is 0 Å². The van der Waals surface area contributed by atoms with Crippen molar-refractivity contribution in [2.45, 2.75) is 20.0 Å². The van der Waals surface area contributed by atoms with E-state index in [1.807, 2.05) is 6.07 Å². The molecule has 0 fully saturated rings. The van der Waals surface area contributed by atoms with Crippen LogP contribution in [0.2, 0.25) is 0 Å². The van der Waals surface area contributed by atoms with Gasteiger partial charge in [-0.15, -0.1) is 0 Å². The van der Waals surface area contributed by atoms with E-state index in [4.69, 9.17) is 4.74 Å². The predicted octanol–water partition coefficient (Wildman–Crippen LogP) is 2.31. The molecule has 0 saturated carbocycles. The van der Waals surface area contributed by atoms with Gasteiger partial charge in [0.2, 0.25) is 0 Å². The van der Waals surface area contributed by atoms with Crippen LogP contribution in [0.5, 0.6) is 5.75 Å². The summed E-state index contributed by atoms with van der Waals surface area (Å²) >= 11 is 0. The van der Waals surface area contributed by atoms with Crippen LogP contribution >= 0.6 is 0 Å². The Kier molecular flexibility index (Phi) is 2.48. The second-order valence-corrected chi connectivity index (χ2v) is 3.55. The molecule has 0 spiro atoms. The standard InChI is InChI=1S/C11H16N2O/c1-3-12-9-4-5-10-11(6-9)14-8(2)7-13-10/h4-6,8,12-13H,3,7H2,1-2H3. The van der Waals surface area contributed by atoms with E-state index >= 15 is 0 Å². The largest absolute Gasteiger partial charge is 0.487 e. The Labute approximate surface area is 84.5 Å². The molecule has 3 heteroatoms. The lowest BCUT2D eigenvalue weighted by Crippen LogP contribution is -2.27. The monoisotopic (exact) mass is 192 g/mol. The minimum absolute atomic E-state index is 0.249. The first-order valence-corrected chi connectivity index (χ1v) is 5.08. The molecule has 0 radical (unpaired) electrons. The van der Waals surface area contributed by atoms with Crippen LogP contribution in [0.1, 0.15) is 13.8 Å². The number of fused-ring (bicyclic) bond motifs is 1. The van der Waals surface area contributed by atoms with E-state index < -0.39 is 0 Å². The number of hydrogen-bond acceptors (Lipinski definition) is 3. The molecule has 3 nitrogen and oxygen atoms in total. The zero-order valence-electron chi connectivity index (χ0n) is 8.63. The molecule has 1 aromatic carbocycles. The summed E-state index contributed by atoms with van der Waals surface area (Å²) in [7, 11) is 0. The second kappa shape index (κ2) is 3.78. The van der Waals surface area contributed by atoms with Crippen LogP contribution in [0.15, 0.2) is 18.2 Å². The van der Waals surface area contributed by atoms with Gasteiger partial charge in [-0.3, -0.25) is 0 Å². The predicted molar refractivity (Wildman–Crippen MR) is 59.2 cm³/mol. The Morgan fingerprint density at radius 1 is 1.57 bits per heavy atom. The molecule has 76 valence electrons. The Morgan fingerprint density at radius 2 is 2.43 bits per heavy atom. The smallest absolute Gasteiger partial charge is 0.144 e. The van der Waals surface area contributed by atoms with Crippen molar-refractivity contribution in [3.63, 3.8) is 0 Å². The summed E-state index contributed by atoms with van der Waals surface area (Å²) in [4.78, 5) is 0. The number of hydrogen-bond donors (Lipinski definition) is 2. The van der Waals surface area contributed by atoms with Crippen molar-refractivity contribution >= 4 is 11.4 Å². The van der Waals surface area contributed by atoms with Gasteiger partial charge in [0, 0.05) is 18.3 Å². The molecule has 1 aromatic rings. The Hall–Kier alpha value is -1.38. The zero-order valence-corrected chi connectivity index (χ0v) is 8.63. The van der Waals surface area contributed by atoms with E-state index in [0.29, 0.717) is 0 Å². The zero-order chi connectivity index (χ0) is 9.97. The van der Waals surface area contributed by atoms with Crippen LogP contribution in [0.25, 0.3) is 0 Å². The average molecular weight is 192 g/mol. The Balaban J connectivity index is 2.24. The quantitative estimate of drug-likeness (QED) is 0.754. The van der Waals surface area contributed by atoms with Gasteiger partial charge in [0.1, 0.15) is 11.9 Å². The summed E-state index contributed by atoms with van der Waals surface area (Å²) in [6.45, 7) is 5.96. The third-order valence-electron chi connectivity index (χ3n) is 2.27. The molecule has 1 aliphatic rings. The summed E-state index contributed by atoms with van der Waals surface area (Å²) in [5.41, 5.74) is 2.20. The molecule has 0 amide bonds. The SMILES string of the molecule is CCNc1ccc2c(c1)OC(C)CN2. The van der Waals surface area contributed by atoms with Crippen LogP contribution < -0.4 is 15.4 Å². The lowest BCUT2D eigenvalue weighted by atomic mass is 10.2. The number of benzene rings is 1. The first-order chi connectivity index (χ1) is 6.79. The van der Waals surface area contributed by atoms with Gasteiger partial charge in [0.25, 0.3) is 0 Å². The average Bonchev–Trinajstić information content (AvgIpc) is 2.17. The van der Waals surface area contributed by atoms with Crippen molar-refractivity contribution < 1.29 is 4.74 Å². The second-order valence-electron chi connectivity index (χ2n) is 3.55. The molecule has 14 heavy (non-hydrogen) atoms. The van der Waals surface area contributed by atoms with Crippen LogP contribution in [0.3, 0.4) is 0 Å². The highest BCUT2D eigenvalue weighted by atomic mass is 16.5. The molecule has 2 rings (SSSR count). The van der Waals surface area contributed by atoms with Crippen molar-refractivity contribution in [2.75, 3.05) is 23.7 Å². The lowest BCUT2D eigenvalue weighted by molar-refractivity contribution is 0.226. The third kappa shape index (κ3) is 1.76. The maximum absolute atomic E-state index is 5.72. The molecule has 1 aliphatic heterocycles. The minimum atomic E-state index is 0.249. The van der Waals surface area contributed by atoms with Gasteiger partial charge in [-0.05, 0) is 26.0 Å². The first kappa shape index (κ1) is 9.19. The molecule has 0 bridgehead atoms. The van der Waals surface area contributed by atoms with Gasteiger partial charge >= 0.3 is 0 Å². The summed E-state index contributed by atoms with van der Waals surface area (Å²) in [6, 6.07) is 6.16. The van der Waals surface area contributed by atoms with Gasteiger partial charge in [-0.2, -0.15) is 0 Å². The van der Waals surface area contributed by atoms with E-state index in [-0.39, 0.29) is 6.10 Å². The van der Waals surface area contributed by atoms with Crippen LogP contribution in [0, 0.1) is 0 Å². The van der Waals surface area contributed by atoms with Gasteiger partial charge in [0.15, 0.2) is 0 Å². The molecular weight excluding hydrogens is 176 g/mol. The maximum Gasteiger partial charge on any atom is 0.144 e. The minimum Gasteiger partial charge on any atom is -0.487 e. The third-order valence-corrected chi connectivity index (χ3v) is 2.27. The maximum atomic E-state index is 5.72. The molecule has 1 atom stereocenters. The number of nitrogens with one attached hydrogen (secondary N) is 2. The van der Waals surface area contributed by atoms with Crippen molar-refractivity contribution in [1.82, 2.24) is 0 Å². The van der Waals surface area contributed by atoms with Crippen LogP contribution in [-0.4, -0.2) is 19.2 Å². The molecule has 0 aromatic heterocycles. The van der Waals surface area contributed by atoms with Crippen LogP contribution in [-0.2, 0) is 0 Å². The van der Waals surface area contributed by atoms with Gasteiger partial charge in [-0.25, -0.2) is 0 Å². The summed E-state index contributed by atoms with van der Waals surface area (Å²) in [5, 5.41) is 6.59. The van der Waals surface area contributed by atoms with Crippen molar-refractivity contribution in [3.05, 3.63) is 18.2 Å². The van der Waals surface area contributed by atoms with Crippen molar-refractivity contribution in [2.24, 2.45) is 0 Å². The molecule has 1 heterocycles. The molecule has 2 N–H and O–H groups in total. The van der Waals surface area contributed by atoms with E-state index in [1.165, 1.54) is 0 Å². The van der Waals surface area contributed by atoms with Gasteiger partial charge < -0.3 is 15.4 Å². The van der Waals surface area contributed by atoms with Gasteiger partial charge in [-0.1, -0.05) is 0 Å². The summed E-state index contributed by atoms with van der Waals surface area (Å²) in [5.74, 6) is 0.946. The number of ether oxygens (including phenoxy) is 1. The molecular formula is C11H16N2O. The summed E-state index contributed by atoms with van der Waals surface area (Å²) < 4.78 is 5.72. The molecule has 0 saturated heterocycles. The van der Waals surface area contributed by atoms with Crippen molar-refractivity contribution in [3.8, 4) is 5.75 Å².